The van der Waals surface area contributed by atoms with Crippen LogP contribution in [0.1, 0.15) is 52.4 Å². The van der Waals surface area contributed by atoms with Gasteiger partial charge in [-0.3, -0.25) is 14.4 Å². The Hall–Kier alpha value is -1.59. The zero-order chi connectivity index (χ0) is 16.7. The molecular weight excluding hydrogens is 286 g/mol. The second-order valence-electron chi connectivity index (χ2n) is 6.54. The lowest BCUT2D eigenvalue weighted by molar-refractivity contribution is -0.145. The maximum Gasteiger partial charge on any atom is 0.306 e. The van der Waals surface area contributed by atoms with Gasteiger partial charge in [0.15, 0.2) is 0 Å². The number of carboxylic acids is 2. The van der Waals surface area contributed by atoms with Crippen LogP contribution in [0.4, 0.5) is 0 Å². The van der Waals surface area contributed by atoms with Gasteiger partial charge in [0.2, 0.25) is 5.91 Å². The molecule has 0 spiro atoms. The van der Waals surface area contributed by atoms with E-state index >= 15 is 0 Å². The van der Waals surface area contributed by atoms with Crippen LogP contribution < -0.4 is 5.32 Å². The summed E-state index contributed by atoms with van der Waals surface area (Å²) >= 11 is 0. The first-order valence-corrected chi connectivity index (χ1v) is 8.04. The average molecular weight is 313 g/mol. The lowest BCUT2D eigenvalue weighted by Crippen LogP contribution is -2.35. The number of carboxylic acid groups (broad SMARTS) is 2. The summed E-state index contributed by atoms with van der Waals surface area (Å²) in [7, 11) is 0. The van der Waals surface area contributed by atoms with Crippen LogP contribution in [-0.4, -0.2) is 34.6 Å². The summed E-state index contributed by atoms with van der Waals surface area (Å²) in [4.78, 5) is 34.2. The Morgan fingerprint density at radius 1 is 1.00 bits per heavy atom. The molecule has 126 valence electrons. The largest absolute Gasteiger partial charge is 0.481 e. The zero-order valence-corrected chi connectivity index (χ0v) is 13.4. The maximum absolute atomic E-state index is 12.1. The molecule has 0 aromatic carbocycles. The molecule has 1 rings (SSSR count). The van der Waals surface area contributed by atoms with E-state index in [-0.39, 0.29) is 18.7 Å². The summed E-state index contributed by atoms with van der Waals surface area (Å²) in [6.07, 6.45) is 4.92. The summed E-state index contributed by atoms with van der Waals surface area (Å²) in [6.45, 7) is 3.85. The van der Waals surface area contributed by atoms with Gasteiger partial charge in [0.05, 0.1) is 11.8 Å². The van der Waals surface area contributed by atoms with Gasteiger partial charge in [0.1, 0.15) is 0 Å². The number of hydrogen-bond donors (Lipinski definition) is 3. The lowest BCUT2D eigenvalue weighted by Gasteiger charge is -2.20. The molecule has 0 aromatic heterocycles. The molecule has 1 aliphatic rings. The second kappa shape index (κ2) is 8.76. The molecule has 0 saturated heterocycles. The minimum absolute atomic E-state index is 0.0465. The van der Waals surface area contributed by atoms with E-state index in [1.54, 1.807) is 6.92 Å². The topological polar surface area (TPSA) is 104 Å². The molecule has 3 unspecified atom stereocenters. The molecule has 3 N–H and O–H groups in total. The van der Waals surface area contributed by atoms with E-state index < -0.39 is 29.7 Å². The first-order chi connectivity index (χ1) is 10.3. The van der Waals surface area contributed by atoms with Crippen LogP contribution in [0.25, 0.3) is 0 Å². The predicted octanol–water partition coefficient (Wildman–Crippen LogP) is 2.13. The molecule has 0 aromatic rings. The van der Waals surface area contributed by atoms with Crippen molar-refractivity contribution in [3.05, 3.63) is 0 Å². The molecule has 22 heavy (non-hydrogen) atoms. The summed E-state index contributed by atoms with van der Waals surface area (Å²) < 4.78 is 0. The molecule has 1 amide bonds. The third kappa shape index (κ3) is 6.03. The first-order valence-electron chi connectivity index (χ1n) is 8.04. The fraction of sp³-hybridized carbons (Fsp3) is 0.812. The summed E-state index contributed by atoms with van der Waals surface area (Å²) in [5.41, 5.74) is 0. The molecule has 6 nitrogen and oxygen atoms in total. The molecular formula is C16H27NO5. The fourth-order valence-electron chi connectivity index (χ4n) is 2.99. The summed E-state index contributed by atoms with van der Waals surface area (Å²) in [6, 6.07) is 0. The molecule has 1 aliphatic carbocycles. The van der Waals surface area contributed by atoms with Gasteiger partial charge in [-0.05, 0) is 31.6 Å². The average Bonchev–Trinajstić information content (AvgIpc) is 2.96. The Bertz CT molecular complexity index is 403. The summed E-state index contributed by atoms with van der Waals surface area (Å²) in [5, 5.41) is 21.0. The van der Waals surface area contributed by atoms with E-state index in [9.17, 15) is 19.5 Å². The van der Waals surface area contributed by atoms with Gasteiger partial charge < -0.3 is 15.5 Å². The number of nitrogens with one attached hydrogen (secondary N) is 1. The third-order valence-electron chi connectivity index (χ3n) is 4.53. The molecule has 6 heteroatoms. The number of hydrogen-bond acceptors (Lipinski definition) is 3. The highest BCUT2D eigenvalue weighted by molar-refractivity contribution is 5.79. The summed E-state index contributed by atoms with van der Waals surface area (Å²) in [5.74, 6) is -3.61. The molecule has 0 heterocycles. The van der Waals surface area contributed by atoms with Crippen molar-refractivity contribution in [3.8, 4) is 0 Å². The number of amides is 1. The molecule has 0 bridgehead atoms. The highest BCUT2D eigenvalue weighted by Crippen LogP contribution is 2.24. The van der Waals surface area contributed by atoms with Crippen LogP contribution in [0.3, 0.4) is 0 Å². The van der Waals surface area contributed by atoms with E-state index in [4.69, 9.17) is 5.11 Å². The van der Waals surface area contributed by atoms with Crippen molar-refractivity contribution in [1.82, 2.24) is 5.32 Å². The van der Waals surface area contributed by atoms with Crippen LogP contribution in [0.2, 0.25) is 0 Å². The minimum Gasteiger partial charge on any atom is -0.481 e. The Labute approximate surface area is 131 Å². The van der Waals surface area contributed by atoms with E-state index in [0.29, 0.717) is 12.5 Å². The van der Waals surface area contributed by atoms with Gasteiger partial charge in [-0.15, -0.1) is 0 Å². The van der Waals surface area contributed by atoms with Crippen molar-refractivity contribution in [3.63, 3.8) is 0 Å². The van der Waals surface area contributed by atoms with Gasteiger partial charge in [0, 0.05) is 12.5 Å². The van der Waals surface area contributed by atoms with Gasteiger partial charge >= 0.3 is 11.9 Å². The quantitative estimate of drug-likeness (QED) is 0.605. The molecule has 0 radical (unpaired) electrons. The van der Waals surface area contributed by atoms with Crippen molar-refractivity contribution in [1.29, 1.82) is 0 Å². The normalized spacial score (nSPS) is 19.4. The molecule has 3 atom stereocenters. The number of carbonyl (C=O) groups is 3. The highest BCUT2D eigenvalue weighted by Gasteiger charge is 2.28. The third-order valence-corrected chi connectivity index (χ3v) is 4.53. The van der Waals surface area contributed by atoms with Gasteiger partial charge in [-0.1, -0.05) is 26.7 Å². The van der Waals surface area contributed by atoms with Crippen LogP contribution in [0.15, 0.2) is 0 Å². The standard InChI is InChI=1S/C16H27NO5/c1-10(14(18)17-9-12-5-3-4-6-12)7-13(16(21)22)8-11(2)15(19)20/h10-13H,3-9H2,1-2H3,(H,17,18)(H,19,20)(H,21,22). The Morgan fingerprint density at radius 2 is 1.55 bits per heavy atom. The maximum atomic E-state index is 12.1. The van der Waals surface area contributed by atoms with Gasteiger partial charge in [-0.2, -0.15) is 0 Å². The first kappa shape index (κ1) is 18.5. The number of aliphatic carboxylic acids is 2. The van der Waals surface area contributed by atoms with E-state index in [1.165, 1.54) is 19.8 Å². The SMILES string of the molecule is CC(CC(CC(C)C(=O)NCC1CCCC1)C(=O)O)C(=O)O. The van der Waals surface area contributed by atoms with Crippen LogP contribution >= 0.6 is 0 Å². The molecule has 1 saturated carbocycles. The van der Waals surface area contributed by atoms with Crippen LogP contribution in [0.5, 0.6) is 0 Å². The van der Waals surface area contributed by atoms with E-state index in [0.717, 1.165) is 12.8 Å². The highest BCUT2D eigenvalue weighted by atomic mass is 16.4. The zero-order valence-electron chi connectivity index (χ0n) is 13.4. The van der Waals surface area contributed by atoms with Crippen LogP contribution in [-0.2, 0) is 14.4 Å². The molecule has 1 fully saturated rings. The predicted molar refractivity (Wildman–Crippen MR) is 81.3 cm³/mol. The van der Waals surface area contributed by atoms with Crippen molar-refractivity contribution in [2.75, 3.05) is 6.54 Å². The van der Waals surface area contributed by atoms with Crippen molar-refractivity contribution in [2.24, 2.45) is 23.7 Å². The smallest absolute Gasteiger partial charge is 0.306 e. The fourth-order valence-corrected chi connectivity index (χ4v) is 2.99. The van der Waals surface area contributed by atoms with Gasteiger partial charge in [-0.25, -0.2) is 0 Å². The van der Waals surface area contributed by atoms with E-state index in [2.05, 4.69) is 5.32 Å². The van der Waals surface area contributed by atoms with Gasteiger partial charge in [0.25, 0.3) is 0 Å². The van der Waals surface area contributed by atoms with E-state index in [1.807, 2.05) is 0 Å². The van der Waals surface area contributed by atoms with Crippen molar-refractivity contribution >= 4 is 17.8 Å². The van der Waals surface area contributed by atoms with Crippen molar-refractivity contribution in [2.45, 2.75) is 52.4 Å². The Kier molecular flexibility index (Phi) is 7.35. The van der Waals surface area contributed by atoms with Crippen molar-refractivity contribution < 1.29 is 24.6 Å². The lowest BCUT2D eigenvalue weighted by atomic mass is 9.88. The molecule has 0 aliphatic heterocycles. The second-order valence-corrected chi connectivity index (χ2v) is 6.54. The number of rotatable bonds is 9. The minimum atomic E-state index is -1.04. The Morgan fingerprint density at radius 3 is 2.05 bits per heavy atom. The monoisotopic (exact) mass is 313 g/mol. The Balaban J connectivity index is 2.43. The number of carbonyl (C=O) groups excluding carboxylic acids is 1. The van der Waals surface area contributed by atoms with Crippen LogP contribution in [0, 0.1) is 23.7 Å².